The molecule has 0 saturated carbocycles. The second kappa shape index (κ2) is 5.11. The van der Waals surface area contributed by atoms with Crippen LogP contribution in [-0.4, -0.2) is 27.2 Å². The summed E-state index contributed by atoms with van der Waals surface area (Å²) in [6.45, 7) is 4.77. The number of nitrogens with one attached hydrogen (secondary N) is 1. The van der Waals surface area contributed by atoms with Crippen LogP contribution in [0, 0.1) is 6.92 Å². The van der Waals surface area contributed by atoms with E-state index < -0.39 is 15.6 Å². The van der Waals surface area contributed by atoms with Crippen molar-refractivity contribution in [3.05, 3.63) is 23.8 Å². The molecule has 0 amide bonds. The molecule has 0 aliphatic carbocycles. The van der Waals surface area contributed by atoms with Crippen LogP contribution in [0.5, 0.6) is 0 Å². The van der Waals surface area contributed by atoms with Crippen LogP contribution in [0.15, 0.2) is 23.1 Å². The summed E-state index contributed by atoms with van der Waals surface area (Å²) in [4.78, 5) is 0.205. The van der Waals surface area contributed by atoms with Crippen molar-refractivity contribution in [2.45, 2.75) is 37.1 Å². The summed E-state index contributed by atoms with van der Waals surface area (Å²) in [5.74, 6) is 0. The SMILES string of the molecule is Cc1cc(N)cc(S(=O)(=O)NC2(C)CCCOC2)c1. The molecule has 1 atom stereocenters. The van der Waals surface area contributed by atoms with Crippen LogP contribution in [-0.2, 0) is 14.8 Å². The van der Waals surface area contributed by atoms with E-state index in [2.05, 4.69) is 4.72 Å². The number of rotatable bonds is 3. The first-order valence-corrected chi connectivity index (χ1v) is 7.78. The lowest BCUT2D eigenvalue weighted by Crippen LogP contribution is -2.51. The van der Waals surface area contributed by atoms with Gasteiger partial charge in [-0.2, -0.15) is 0 Å². The van der Waals surface area contributed by atoms with Crippen LogP contribution in [0.2, 0.25) is 0 Å². The molecule has 1 aliphatic heterocycles. The van der Waals surface area contributed by atoms with E-state index in [-0.39, 0.29) is 4.90 Å². The van der Waals surface area contributed by atoms with Crippen molar-refractivity contribution in [1.82, 2.24) is 4.72 Å². The van der Waals surface area contributed by atoms with Gasteiger partial charge in [-0.15, -0.1) is 0 Å². The highest BCUT2D eigenvalue weighted by Crippen LogP contribution is 2.23. The molecule has 1 saturated heterocycles. The Morgan fingerprint density at radius 1 is 1.37 bits per heavy atom. The molecule has 6 heteroatoms. The first-order valence-electron chi connectivity index (χ1n) is 6.30. The van der Waals surface area contributed by atoms with E-state index >= 15 is 0 Å². The van der Waals surface area contributed by atoms with Crippen molar-refractivity contribution in [2.75, 3.05) is 18.9 Å². The fourth-order valence-corrected chi connectivity index (χ4v) is 3.89. The summed E-state index contributed by atoms with van der Waals surface area (Å²) in [5, 5.41) is 0. The molecular formula is C13H20N2O3S. The van der Waals surface area contributed by atoms with E-state index in [1.807, 2.05) is 13.8 Å². The number of aryl methyl sites for hydroxylation is 1. The Balaban J connectivity index is 2.27. The second-order valence-electron chi connectivity index (χ2n) is 5.40. The molecule has 0 aromatic heterocycles. The van der Waals surface area contributed by atoms with Gasteiger partial charge in [0.2, 0.25) is 10.0 Å². The van der Waals surface area contributed by atoms with Crippen LogP contribution in [0.25, 0.3) is 0 Å². The highest BCUT2D eigenvalue weighted by molar-refractivity contribution is 7.89. The van der Waals surface area contributed by atoms with Crippen LogP contribution in [0.1, 0.15) is 25.3 Å². The predicted octanol–water partition coefficient (Wildman–Crippen LogP) is 1.42. The predicted molar refractivity (Wildman–Crippen MR) is 74.4 cm³/mol. The Bertz CT molecular complexity index is 543. The normalized spacial score (nSPS) is 24.3. The average Bonchev–Trinajstić information content (AvgIpc) is 2.27. The summed E-state index contributed by atoms with van der Waals surface area (Å²) < 4.78 is 32.9. The minimum Gasteiger partial charge on any atom is -0.399 e. The highest BCUT2D eigenvalue weighted by atomic mass is 32.2. The molecule has 1 unspecified atom stereocenters. The third-order valence-electron chi connectivity index (χ3n) is 3.20. The molecule has 106 valence electrons. The molecule has 0 bridgehead atoms. The Hall–Kier alpha value is -1.11. The van der Waals surface area contributed by atoms with E-state index in [1.54, 1.807) is 12.1 Å². The molecule has 3 N–H and O–H groups in total. The van der Waals surface area contributed by atoms with Gasteiger partial charge in [0, 0.05) is 12.3 Å². The van der Waals surface area contributed by atoms with Crippen LogP contribution >= 0.6 is 0 Å². The van der Waals surface area contributed by atoms with Crippen LogP contribution < -0.4 is 10.5 Å². The minimum absolute atomic E-state index is 0.205. The van der Waals surface area contributed by atoms with Gasteiger partial charge in [0.05, 0.1) is 17.0 Å². The number of nitrogens with two attached hydrogens (primary N) is 1. The number of hydrogen-bond acceptors (Lipinski definition) is 4. The van der Waals surface area contributed by atoms with E-state index in [1.165, 1.54) is 6.07 Å². The van der Waals surface area contributed by atoms with Crippen molar-refractivity contribution >= 4 is 15.7 Å². The van der Waals surface area contributed by atoms with Gasteiger partial charge >= 0.3 is 0 Å². The van der Waals surface area contributed by atoms with Gasteiger partial charge in [-0.1, -0.05) is 0 Å². The van der Waals surface area contributed by atoms with E-state index in [0.29, 0.717) is 18.9 Å². The third kappa shape index (κ3) is 3.46. The van der Waals surface area contributed by atoms with Crippen molar-refractivity contribution < 1.29 is 13.2 Å². The molecule has 1 aromatic carbocycles. The zero-order chi connectivity index (χ0) is 14.1. The van der Waals surface area contributed by atoms with Crippen molar-refractivity contribution in [1.29, 1.82) is 0 Å². The first kappa shape index (κ1) is 14.3. The summed E-state index contributed by atoms with van der Waals surface area (Å²) in [5.41, 5.74) is 6.43. The standard InChI is InChI=1S/C13H20N2O3S/c1-10-6-11(14)8-12(7-10)19(16,17)15-13(2)4-3-5-18-9-13/h6-8,15H,3-5,9,14H2,1-2H3. The van der Waals surface area contributed by atoms with Crippen LogP contribution in [0.3, 0.4) is 0 Å². The quantitative estimate of drug-likeness (QED) is 0.823. The summed E-state index contributed by atoms with van der Waals surface area (Å²) >= 11 is 0. The van der Waals surface area contributed by atoms with Crippen LogP contribution in [0.4, 0.5) is 5.69 Å². The zero-order valence-electron chi connectivity index (χ0n) is 11.3. The topological polar surface area (TPSA) is 81.4 Å². The number of ether oxygens (including phenoxy) is 1. The molecule has 2 rings (SSSR count). The summed E-state index contributed by atoms with van der Waals surface area (Å²) in [6, 6.07) is 4.83. The van der Waals surface area contributed by atoms with Gasteiger partial charge in [0.1, 0.15) is 0 Å². The summed E-state index contributed by atoms with van der Waals surface area (Å²) in [7, 11) is -3.57. The lowest BCUT2D eigenvalue weighted by atomic mass is 9.97. The smallest absolute Gasteiger partial charge is 0.241 e. The van der Waals surface area contributed by atoms with E-state index in [4.69, 9.17) is 10.5 Å². The molecule has 1 aliphatic rings. The molecular weight excluding hydrogens is 264 g/mol. The zero-order valence-corrected chi connectivity index (χ0v) is 12.1. The Labute approximate surface area is 114 Å². The fraction of sp³-hybridized carbons (Fsp3) is 0.538. The van der Waals surface area contributed by atoms with E-state index in [9.17, 15) is 8.42 Å². The van der Waals surface area contributed by atoms with E-state index in [0.717, 1.165) is 18.4 Å². The summed E-state index contributed by atoms with van der Waals surface area (Å²) in [6.07, 6.45) is 1.63. The molecule has 0 radical (unpaired) electrons. The van der Waals surface area contributed by atoms with Gasteiger partial charge in [-0.3, -0.25) is 0 Å². The van der Waals surface area contributed by atoms with Crippen molar-refractivity contribution in [3.8, 4) is 0 Å². The Kier molecular flexibility index (Phi) is 3.85. The number of hydrogen-bond donors (Lipinski definition) is 2. The maximum absolute atomic E-state index is 12.4. The lowest BCUT2D eigenvalue weighted by molar-refractivity contribution is 0.0386. The third-order valence-corrected chi connectivity index (χ3v) is 4.82. The Morgan fingerprint density at radius 2 is 2.11 bits per heavy atom. The fourth-order valence-electron chi connectivity index (χ4n) is 2.33. The Morgan fingerprint density at radius 3 is 2.68 bits per heavy atom. The number of anilines is 1. The van der Waals surface area contributed by atoms with Crippen molar-refractivity contribution in [3.63, 3.8) is 0 Å². The lowest BCUT2D eigenvalue weighted by Gasteiger charge is -2.33. The average molecular weight is 284 g/mol. The number of sulfonamides is 1. The highest BCUT2D eigenvalue weighted by Gasteiger charge is 2.33. The number of nitrogen functional groups attached to an aromatic ring is 1. The van der Waals surface area contributed by atoms with Gasteiger partial charge in [0.15, 0.2) is 0 Å². The van der Waals surface area contributed by atoms with Gasteiger partial charge in [-0.05, 0) is 50.5 Å². The van der Waals surface area contributed by atoms with Gasteiger partial charge < -0.3 is 10.5 Å². The molecule has 1 aromatic rings. The van der Waals surface area contributed by atoms with Gasteiger partial charge in [0.25, 0.3) is 0 Å². The molecule has 1 fully saturated rings. The number of benzene rings is 1. The molecule has 1 heterocycles. The maximum Gasteiger partial charge on any atom is 0.241 e. The molecule has 5 nitrogen and oxygen atoms in total. The maximum atomic E-state index is 12.4. The first-order chi connectivity index (χ1) is 8.81. The van der Waals surface area contributed by atoms with Crippen molar-refractivity contribution in [2.24, 2.45) is 0 Å². The molecule has 0 spiro atoms. The largest absolute Gasteiger partial charge is 0.399 e. The minimum atomic E-state index is -3.57. The second-order valence-corrected chi connectivity index (χ2v) is 7.08. The molecule has 19 heavy (non-hydrogen) atoms. The monoisotopic (exact) mass is 284 g/mol. The van der Waals surface area contributed by atoms with Gasteiger partial charge in [-0.25, -0.2) is 13.1 Å².